The lowest BCUT2D eigenvalue weighted by Crippen LogP contribution is -2.52. The number of amides is 1. The number of hydrogen-bond donors (Lipinski definition) is 3. The number of nitrogens with one attached hydrogen (secondary N) is 2. The third-order valence-electron chi connectivity index (χ3n) is 10.7. The Morgan fingerprint density at radius 2 is 1.67 bits per heavy atom. The first-order chi connectivity index (χ1) is 22.4. The molecule has 0 radical (unpaired) electrons. The minimum absolute atomic E-state index is 0.111. The number of hydrogen-bond acceptors (Lipinski definition) is 10. The number of likely N-dealkylation sites (N-methyl/N-ethyl adjacent to an activating group) is 1. The highest BCUT2D eigenvalue weighted by Gasteiger charge is 2.45. The van der Waals surface area contributed by atoms with E-state index in [0.29, 0.717) is 28.8 Å². The summed E-state index contributed by atoms with van der Waals surface area (Å²) in [6, 6.07) is 11.1. The van der Waals surface area contributed by atoms with Crippen LogP contribution in [-0.4, -0.2) is 102 Å². The molecule has 1 amide bonds. The third-order valence-corrected chi connectivity index (χ3v) is 10.7. The lowest BCUT2D eigenvalue weighted by Gasteiger charge is -2.50. The Labute approximate surface area is 271 Å². The number of anilines is 4. The van der Waals surface area contributed by atoms with Crippen molar-refractivity contribution in [3.05, 3.63) is 54.0 Å². The summed E-state index contributed by atoms with van der Waals surface area (Å²) < 4.78 is 5.61. The summed E-state index contributed by atoms with van der Waals surface area (Å²) in [4.78, 5) is 34.2. The van der Waals surface area contributed by atoms with Crippen LogP contribution in [0.5, 0.6) is 0 Å². The van der Waals surface area contributed by atoms with E-state index in [-0.39, 0.29) is 11.7 Å². The molecule has 0 atom stereocenters. The maximum absolute atomic E-state index is 12.7. The van der Waals surface area contributed by atoms with E-state index in [1.807, 2.05) is 12.1 Å². The zero-order valence-corrected chi connectivity index (χ0v) is 27.2. The molecule has 3 aromatic rings. The van der Waals surface area contributed by atoms with E-state index in [0.717, 1.165) is 76.3 Å². The van der Waals surface area contributed by atoms with Gasteiger partial charge in [0.15, 0.2) is 17.3 Å². The highest BCUT2D eigenvalue weighted by molar-refractivity contribution is 5.97. The summed E-state index contributed by atoms with van der Waals surface area (Å²) in [5, 5.41) is 7.05. The Kier molecular flexibility index (Phi) is 8.80. The smallest absolute Gasteiger partial charge is 0.271 e. The summed E-state index contributed by atoms with van der Waals surface area (Å²) in [5.41, 5.74) is 11.1. The third kappa shape index (κ3) is 6.54. The molecule has 1 saturated carbocycles. The fourth-order valence-corrected chi connectivity index (χ4v) is 7.88. The molecule has 7 rings (SSSR count). The SMILES string of the molecule is Cc1cc(Nc2nc(NC3CC4(CCOCC4)C3)c(-c3ccncc3)nc2C(N)=O)ccc1N1CCC(N2CCN(C)CC2)CC1. The molecule has 11 heteroatoms. The molecule has 1 aliphatic carbocycles. The van der Waals surface area contributed by atoms with Crippen LogP contribution in [0.4, 0.5) is 23.0 Å². The quantitative estimate of drug-likeness (QED) is 0.334. The molecule has 244 valence electrons. The number of aromatic nitrogens is 3. The van der Waals surface area contributed by atoms with Crippen LogP contribution in [0.25, 0.3) is 11.3 Å². The first-order valence-corrected chi connectivity index (χ1v) is 16.9. The summed E-state index contributed by atoms with van der Waals surface area (Å²) >= 11 is 0. The van der Waals surface area contributed by atoms with E-state index < -0.39 is 5.91 Å². The lowest BCUT2D eigenvalue weighted by atomic mass is 9.61. The van der Waals surface area contributed by atoms with Gasteiger partial charge in [-0.15, -0.1) is 0 Å². The van der Waals surface area contributed by atoms with Crippen LogP contribution in [0.2, 0.25) is 0 Å². The Morgan fingerprint density at radius 1 is 0.957 bits per heavy atom. The molecule has 11 nitrogen and oxygen atoms in total. The number of carbonyl (C=O) groups is 1. The van der Waals surface area contributed by atoms with E-state index >= 15 is 0 Å². The highest BCUT2D eigenvalue weighted by atomic mass is 16.5. The van der Waals surface area contributed by atoms with Crippen molar-refractivity contribution in [2.45, 2.75) is 57.5 Å². The van der Waals surface area contributed by atoms with Crippen molar-refractivity contribution in [2.24, 2.45) is 11.1 Å². The molecule has 2 aromatic heterocycles. The van der Waals surface area contributed by atoms with Crippen LogP contribution >= 0.6 is 0 Å². The topological polar surface area (TPSA) is 125 Å². The maximum Gasteiger partial charge on any atom is 0.271 e. The van der Waals surface area contributed by atoms with Crippen LogP contribution in [0.15, 0.2) is 42.7 Å². The zero-order chi connectivity index (χ0) is 31.7. The molecule has 3 saturated heterocycles. The Morgan fingerprint density at radius 3 is 2.35 bits per heavy atom. The average molecular weight is 626 g/mol. The van der Waals surface area contributed by atoms with Crippen molar-refractivity contribution >= 4 is 28.9 Å². The molecular weight excluding hydrogens is 578 g/mol. The number of rotatable bonds is 8. The van der Waals surface area contributed by atoms with Gasteiger partial charge in [0.2, 0.25) is 0 Å². The van der Waals surface area contributed by atoms with Crippen LogP contribution < -0.4 is 21.3 Å². The Balaban J connectivity index is 1.09. The second kappa shape index (κ2) is 13.1. The summed E-state index contributed by atoms with van der Waals surface area (Å²) in [6.07, 6.45) is 10.2. The van der Waals surface area contributed by atoms with Gasteiger partial charge >= 0.3 is 0 Å². The second-order valence-corrected chi connectivity index (χ2v) is 13.8. The first-order valence-electron chi connectivity index (χ1n) is 16.9. The largest absolute Gasteiger partial charge is 0.381 e. The zero-order valence-electron chi connectivity index (χ0n) is 27.2. The van der Waals surface area contributed by atoms with Crippen LogP contribution in [0.3, 0.4) is 0 Å². The number of pyridine rings is 1. The first kappa shape index (κ1) is 30.8. The van der Waals surface area contributed by atoms with Crippen LogP contribution in [0.1, 0.15) is 54.6 Å². The average Bonchev–Trinajstić information content (AvgIpc) is 3.05. The van der Waals surface area contributed by atoms with Crippen LogP contribution in [0, 0.1) is 12.3 Å². The normalized spacial score (nSPS) is 21.2. The van der Waals surface area contributed by atoms with Gasteiger partial charge in [0, 0.05) is 93.9 Å². The van der Waals surface area contributed by atoms with Crippen molar-refractivity contribution in [2.75, 3.05) is 75.1 Å². The van der Waals surface area contributed by atoms with Gasteiger partial charge in [-0.1, -0.05) is 0 Å². The van der Waals surface area contributed by atoms with Crippen molar-refractivity contribution in [3.8, 4) is 11.3 Å². The van der Waals surface area contributed by atoms with Crippen molar-refractivity contribution < 1.29 is 9.53 Å². The predicted octanol–water partition coefficient (Wildman–Crippen LogP) is 4.28. The van der Waals surface area contributed by atoms with E-state index in [2.05, 4.69) is 62.5 Å². The van der Waals surface area contributed by atoms with E-state index in [1.54, 1.807) is 12.4 Å². The molecule has 4 N–H and O–H groups in total. The standard InChI is InChI=1S/C35H47N9O2/c1-24-21-26(3-4-29(24)44-13-7-28(8-14-44)43-17-15-42(2)16-18-43)38-34-31(32(36)45)40-30(25-5-11-37-12-6-25)33(41-34)39-27-22-35(23-27)9-19-46-20-10-35/h3-6,11-12,21,27-28H,7-10,13-20,22-23H2,1-2H3,(H2,36,45)(H2,38,39,41). The fourth-order valence-electron chi connectivity index (χ4n) is 7.88. The van der Waals surface area contributed by atoms with Crippen molar-refractivity contribution in [1.29, 1.82) is 0 Å². The number of aryl methyl sites for hydroxylation is 1. The fraction of sp³-hybridized carbons (Fsp3) is 0.543. The predicted molar refractivity (Wildman–Crippen MR) is 182 cm³/mol. The number of carbonyl (C=O) groups excluding carboxylic acids is 1. The van der Waals surface area contributed by atoms with E-state index in [9.17, 15) is 4.79 Å². The number of nitrogens with two attached hydrogens (primary N) is 1. The van der Waals surface area contributed by atoms with Crippen molar-refractivity contribution in [3.63, 3.8) is 0 Å². The molecule has 5 heterocycles. The molecule has 3 aliphatic heterocycles. The Bertz CT molecular complexity index is 1520. The molecule has 1 spiro atoms. The minimum atomic E-state index is -0.627. The maximum atomic E-state index is 12.7. The number of primary amides is 1. The van der Waals surface area contributed by atoms with Crippen LogP contribution in [-0.2, 0) is 4.74 Å². The number of benzene rings is 1. The summed E-state index contributed by atoms with van der Waals surface area (Å²) in [7, 11) is 2.22. The molecule has 4 aliphatic rings. The summed E-state index contributed by atoms with van der Waals surface area (Å²) in [6.45, 7) is 10.6. The Hall–Kier alpha value is -3.80. The minimum Gasteiger partial charge on any atom is -0.381 e. The molecule has 4 fully saturated rings. The number of piperazine rings is 1. The molecule has 1 aromatic carbocycles. The molecular formula is C35H47N9O2. The van der Waals surface area contributed by atoms with Gasteiger partial charge < -0.3 is 30.9 Å². The number of piperidine rings is 1. The van der Waals surface area contributed by atoms with Gasteiger partial charge in [-0.2, -0.15) is 0 Å². The van der Waals surface area contributed by atoms with Gasteiger partial charge in [0.25, 0.3) is 5.91 Å². The van der Waals surface area contributed by atoms with Crippen molar-refractivity contribution in [1.82, 2.24) is 24.8 Å². The monoisotopic (exact) mass is 625 g/mol. The lowest BCUT2D eigenvalue weighted by molar-refractivity contribution is -0.0342. The van der Waals surface area contributed by atoms with Gasteiger partial charge in [0.05, 0.1) is 0 Å². The van der Waals surface area contributed by atoms with E-state index in [1.165, 1.54) is 37.2 Å². The molecule has 46 heavy (non-hydrogen) atoms. The summed E-state index contributed by atoms with van der Waals surface area (Å²) in [5.74, 6) is 0.369. The van der Waals surface area contributed by atoms with Gasteiger partial charge in [-0.3, -0.25) is 14.7 Å². The van der Waals surface area contributed by atoms with E-state index in [4.69, 9.17) is 20.4 Å². The highest BCUT2D eigenvalue weighted by Crippen LogP contribution is 2.50. The number of nitrogens with zero attached hydrogens (tertiary/aromatic N) is 6. The number of ether oxygens (including phenoxy) is 1. The molecule has 0 bridgehead atoms. The second-order valence-electron chi connectivity index (χ2n) is 13.8. The molecule has 0 unspecified atom stereocenters. The van der Waals surface area contributed by atoms with Gasteiger partial charge in [-0.05, 0) is 93.8 Å². The van der Waals surface area contributed by atoms with Gasteiger partial charge in [0.1, 0.15) is 5.69 Å². The van der Waals surface area contributed by atoms with Gasteiger partial charge in [-0.25, -0.2) is 9.97 Å².